The molecule has 2 bridgehead atoms. The highest BCUT2D eigenvalue weighted by Gasteiger charge is 2.69. The first-order valence-electron chi connectivity index (χ1n) is 9.52. The molecule has 7 nitrogen and oxygen atoms in total. The van der Waals surface area contributed by atoms with Gasteiger partial charge in [-0.1, -0.05) is 23.2 Å². The van der Waals surface area contributed by atoms with Gasteiger partial charge in [-0.25, -0.2) is 0 Å². The zero-order chi connectivity index (χ0) is 21.4. The van der Waals surface area contributed by atoms with Crippen LogP contribution in [-0.2, 0) is 9.59 Å². The smallest absolute Gasteiger partial charge is 0.258 e. The fraction of sp³-hybridized carbons (Fsp3) is 0.381. The van der Waals surface area contributed by atoms with Gasteiger partial charge >= 0.3 is 0 Å². The number of ether oxygens (including phenoxy) is 2. The predicted molar refractivity (Wildman–Crippen MR) is 112 cm³/mol. The van der Waals surface area contributed by atoms with Gasteiger partial charge in [-0.2, -0.15) is 0 Å². The van der Waals surface area contributed by atoms with Crippen LogP contribution in [0.3, 0.4) is 0 Å². The van der Waals surface area contributed by atoms with Gasteiger partial charge in [-0.15, -0.1) is 0 Å². The number of carbonyl (C=O) groups excluding carboxylic acids is 2. The highest BCUT2D eigenvalue weighted by molar-refractivity contribution is 6.42. The topological polar surface area (TPSA) is 89.6 Å². The third-order valence-electron chi connectivity index (χ3n) is 5.35. The summed E-state index contributed by atoms with van der Waals surface area (Å²) in [5.74, 6) is 0.637. The number of halogens is 2. The Morgan fingerprint density at radius 2 is 1.50 bits per heavy atom. The molecule has 2 amide bonds. The van der Waals surface area contributed by atoms with E-state index in [1.165, 1.54) is 0 Å². The fourth-order valence-corrected chi connectivity index (χ4v) is 4.41. The van der Waals surface area contributed by atoms with Gasteiger partial charge in [0.05, 0.1) is 16.2 Å². The third kappa shape index (κ3) is 4.47. The summed E-state index contributed by atoms with van der Waals surface area (Å²) in [6.45, 7) is 1.70. The van der Waals surface area contributed by atoms with Crippen molar-refractivity contribution in [1.82, 2.24) is 15.6 Å². The molecule has 30 heavy (non-hydrogen) atoms. The maximum Gasteiger partial charge on any atom is 0.258 e. The lowest BCUT2D eigenvalue weighted by molar-refractivity contribution is -0.151. The monoisotopic (exact) mass is 449 g/mol. The van der Waals surface area contributed by atoms with Crippen LogP contribution in [0.15, 0.2) is 36.5 Å². The van der Waals surface area contributed by atoms with Gasteiger partial charge in [0.2, 0.25) is 0 Å². The number of nitrogens with zero attached hydrogens (tertiary/aromatic N) is 1. The third-order valence-corrected chi connectivity index (χ3v) is 6.09. The molecule has 158 valence electrons. The van der Waals surface area contributed by atoms with Crippen LogP contribution in [0.2, 0.25) is 10.0 Å². The molecule has 0 unspecified atom stereocenters. The summed E-state index contributed by atoms with van der Waals surface area (Å²) in [4.78, 5) is 28.5. The number of hydrogen-bond acceptors (Lipinski definition) is 5. The van der Waals surface area contributed by atoms with Crippen molar-refractivity contribution in [2.75, 3.05) is 13.2 Å². The Bertz CT molecular complexity index is 961. The molecule has 3 fully saturated rings. The van der Waals surface area contributed by atoms with Gasteiger partial charge in [0.15, 0.2) is 13.2 Å². The van der Waals surface area contributed by atoms with Crippen LogP contribution in [-0.4, -0.2) is 41.1 Å². The minimum atomic E-state index is -0.257. The molecular weight excluding hydrogens is 429 g/mol. The van der Waals surface area contributed by atoms with Crippen LogP contribution >= 0.6 is 23.2 Å². The molecule has 0 aliphatic heterocycles. The number of amides is 2. The Labute approximate surface area is 184 Å². The normalized spacial score (nSPS) is 23.6. The van der Waals surface area contributed by atoms with Crippen LogP contribution in [0, 0.1) is 6.92 Å². The number of aryl methyl sites for hydroxylation is 1. The standard InChI is InChI=1S/C21H21Cl2N3O4/c1-13-2-3-15(7-24-13)30-9-19(28)26-21-10-20(11-21,12-21)25-18(27)8-29-14-4-5-16(22)17(23)6-14/h2-7H,8-12H2,1H3,(H,25,27)(H,26,28). The second-order valence-electron chi connectivity index (χ2n) is 7.98. The molecule has 0 saturated heterocycles. The summed E-state index contributed by atoms with van der Waals surface area (Å²) < 4.78 is 10.9. The molecular formula is C21H21Cl2N3O4. The number of hydrogen-bond donors (Lipinski definition) is 2. The quantitative estimate of drug-likeness (QED) is 0.646. The van der Waals surface area contributed by atoms with E-state index in [1.807, 2.05) is 13.0 Å². The predicted octanol–water partition coefficient (Wildman–Crippen LogP) is 3.06. The van der Waals surface area contributed by atoms with Gasteiger partial charge in [-0.3, -0.25) is 14.6 Å². The number of carbonyl (C=O) groups is 2. The van der Waals surface area contributed by atoms with Crippen molar-refractivity contribution in [3.05, 3.63) is 52.3 Å². The Morgan fingerprint density at radius 3 is 2.03 bits per heavy atom. The highest BCUT2D eigenvalue weighted by atomic mass is 35.5. The maximum absolute atomic E-state index is 12.2. The SMILES string of the molecule is Cc1ccc(OCC(=O)NC23CC(NC(=O)COc4ccc(Cl)c(Cl)c4)(C2)C3)cn1. The van der Waals surface area contributed by atoms with Gasteiger partial charge in [0, 0.05) is 22.8 Å². The largest absolute Gasteiger partial charge is 0.484 e. The first kappa shape index (κ1) is 20.8. The van der Waals surface area contributed by atoms with E-state index in [-0.39, 0.29) is 36.1 Å². The van der Waals surface area contributed by atoms with Crippen molar-refractivity contribution < 1.29 is 19.1 Å². The van der Waals surface area contributed by atoms with E-state index < -0.39 is 0 Å². The molecule has 9 heteroatoms. The van der Waals surface area contributed by atoms with Crippen LogP contribution in [0.4, 0.5) is 0 Å². The minimum Gasteiger partial charge on any atom is -0.484 e. The molecule has 3 aliphatic carbocycles. The van der Waals surface area contributed by atoms with E-state index in [0.29, 0.717) is 40.8 Å². The second-order valence-corrected chi connectivity index (χ2v) is 8.79. The Morgan fingerprint density at radius 1 is 0.933 bits per heavy atom. The van der Waals surface area contributed by atoms with Crippen molar-refractivity contribution in [3.8, 4) is 11.5 Å². The Balaban J connectivity index is 1.17. The average molecular weight is 450 g/mol. The summed E-state index contributed by atoms with van der Waals surface area (Å²) in [5, 5.41) is 6.81. The molecule has 5 rings (SSSR count). The fourth-order valence-electron chi connectivity index (χ4n) is 4.12. The van der Waals surface area contributed by atoms with Gasteiger partial charge in [0.1, 0.15) is 11.5 Å². The first-order chi connectivity index (χ1) is 14.3. The number of benzene rings is 1. The lowest BCUT2D eigenvalue weighted by Crippen LogP contribution is -2.84. The van der Waals surface area contributed by atoms with Crippen molar-refractivity contribution in [2.24, 2.45) is 0 Å². The molecule has 1 heterocycles. The Kier molecular flexibility index (Phi) is 5.51. The maximum atomic E-state index is 12.2. The van der Waals surface area contributed by atoms with E-state index >= 15 is 0 Å². The second kappa shape index (κ2) is 7.96. The summed E-state index contributed by atoms with van der Waals surface area (Å²) in [7, 11) is 0. The van der Waals surface area contributed by atoms with Gasteiger partial charge < -0.3 is 20.1 Å². The lowest BCUT2D eigenvalue weighted by atomic mass is 9.44. The summed E-state index contributed by atoms with van der Waals surface area (Å²) in [6, 6.07) is 8.44. The number of pyridine rings is 1. The molecule has 3 saturated carbocycles. The Hall–Kier alpha value is -2.51. The van der Waals surface area contributed by atoms with E-state index in [2.05, 4.69) is 15.6 Å². The molecule has 0 radical (unpaired) electrons. The summed E-state index contributed by atoms with van der Waals surface area (Å²) >= 11 is 11.8. The average Bonchev–Trinajstić information content (AvgIpc) is 2.66. The number of nitrogens with one attached hydrogen (secondary N) is 2. The zero-order valence-electron chi connectivity index (χ0n) is 16.3. The highest BCUT2D eigenvalue weighted by Crippen LogP contribution is 2.60. The van der Waals surface area contributed by atoms with Crippen molar-refractivity contribution in [3.63, 3.8) is 0 Å². The molecule has 1 aromatic carbocycles. The molecule has 1 aromatic heterocycles. The number of rotatable bonds is 8. The molecule has 3 aliphatic rings. The van der Waals surface area contributed by atoms with E-state index in [4.69, 9.17) is 32.7 Å². The lowest BCUT2D eigenvalue weighted by Gasteiger charge is -2.70. The molecule has 2 N–H and O–H groups in total. The van der Waals surface area contributed by atoms with E-state index in [9.17, 15) is 9.59 Å². The van der Waals surface area contributed by atoms with E-state index in [1.54, 1.807) is 30.5 Å². The van der Waals surface area contributed by atoms with Crippen LogP contribution < -0.4 is 20.1 Å². The van der Waals surface area contributed by atoms with Crippen molar-refractivity contribution >= 4 is 35.0 Å². The summed E-state index contributed by atoms with van der Waals surface area (Å²) in [6.07, 6.45) is 3.71. The van der Waals surface area contributed by atoms with E-state index in [0.717, 1.165) is 5.69 Å². The molecule has 2 aromatic rings. The van der Waals surface area contributed by atoms with Crippen molar-refractivity contribution in [1.29, 1.82) is 0 Å². The molecule has 0 atom stereocenters. The zero-order valence-corrected chi connectivity index (χ0v) is 17.8. The van der Waals surface area contributed by atoms with Crippen LogP contribution in [0.5, 0.6) is 11.5 Å². The van der Waals surface area contributed by atoms with Gasteiger partial charge in [-0.05, 0) is 50.5 Å². The molecule has 0 spiro atoms. The van der Waals surface area contributed by atoms with Crippen LogP contribution in [0.25, 0.3) is 0 Å². The van der Waals surface area contributed by atoms with Crippen LogP contribution in [0.1, 0.15) is 25.0 Å². The number of aromatic nitrogens is 1. The first-order valence-corrected chi connectivity index (χ1v) is 10.3. The van der Waals surface area contributed by atoms with Gasteiger partial charge in [0.25, 0.3) is 11.8 Å². The summed E-state index contributed by atoms with van der Waals surface area (Å²) in [5.41, 5.74) is 0.382. The minimum absolute atomic E-state index is 0.0661. The van der Waals surface area contributed by atoms with Crippen molar-refractivity contribution in [2.45, 2.75) is 37.3 Å².